The highest BCUT2D eigenvalue weighted by molar-refractivity contribution is 5.85. The van der Waals surface area contributed by atoms with Gasteiger partial charge in [0.25, 0.3) is 5.82 Å². The van der Waals surface area contributed by atoms with Crippen molar-refractivity contribution < 1.29 is 9.67 Å². The molecule has 134 valence electrons. The first-order valence-electron chi connectivity index (χ1n) is 9.26. The van der Waals surface area contributed by atoms with Crippen LogP contribution in [-0.4, -0.2) is 15.1 Å². The number of phenolic OH excluding ortho intramolecular Hbond substituents is 1. The van der Waals surface area contributed by atoms with Gasteiger partial charge in [-0.3, -0.25) is 0 Å². The SMILES string of the molecule is Oc1cccc2ccc([C@@H]3Nc4ccccc4-c4[nH]c5ccccc5[n+]43)nc12. The lowest BCUT2D eigenvalue weighted by Crippen LogP contribution is -2.48. The number of para-hydroxylation sites is 4. The van der Waals surface area contributed by atoms with Gasteiger partial charge < -0.3 is 10.4 Å². The number of aromatic hydroxyl groups is 1. The number of nitrogens with one attached hydrogen (secondary N) is 2. The minimum Gasteiger partial charge on any atom is -0.506 e. The lowest BCUT2D eigenvalue weighted by atomic mass is 10.1. The molecule has 5 nitrogen and oxygen atoms in total. The fourth-order valence-corrected chi connectivity index (χ4v) is 4.10. The number of H-pyrrole nitrogens is 1. The second-order valence-corrected chi connectivity index (χ2v) is 7.04. The zero-order valence-corrected chi connectivity index (χ0v) is 14.9. The van der Waals surface area contributed by atoms with Crippen molar-refractivity contribution in [1.29, 1.82) is 0 Å². The van der Waals surface area contributed by atoms with Crippen LogP contribution in [0, 0.1) is 0 Å². The van der Waals surface area contributed by atoms with Crippen molar-refractivity contribution in [1.82, 2.24) is 9.97 Å². The Kier molecular flexibility index (Phi) is 3.03. The zero-order valence-electron chi connectivity index (χ0n) is 14.9. The van der Waals surface area contributed by atoms with Crippen molar-refractivity contribution >= 4 is 27.6 Å². The molecule has 2 aromatic heterocycles. The lowest BCUT2D eigenvalue weighted by molar-refractivity contribution is -0.673. The van der Waals surface area contributed by atoms with Crippen molar-refractivity contribution in [2.45, 2.75) is 6.17 Å². The number of hydrogen-bond acceptors (Lipinski definition) is 3. The number of phenols is 1. The summed E-state index contributed by atoms with van der Waals surface area (Å²) in [5.74, 6) is 1.24. The van der Waals surface area contributed by atoms with E-state index in [1.165, 1.54) is 0 Å². The zero-order chi connectivity index (χ0) is 18.7. The van der Waals surface area contributed by atoms with Crippen LogP contribution in [0.4, 0.5) is 5.69 Å². The molecule has 0 spiro atoms. The molecule has 0 unspecified atom stereocenters. The average Bonchev–Trinajstić information content (AvgIpc) is 3.13. The standard InChI is InChI=1S/C23H16N4O/c28-20-11-5-6-14-12-13-18(24-21(14)20)23-25-16-8-2-1-7-15(16)22-26-17-9-3-4-10-19(17)27(22)23/h1-13,23H,(H2,25,26,28)/p+1/t23-/m1/s1. The number of aromatic amines is 1. The van der Waals surface area contributed by atoms with Gasteiger partial charge in [-0.25, -0.2) is 9.97 Å². The van der Waals surface area contributed by atoms with Gasteiger partial charge in [-0.1, -0.05) is 42.5 Å². The summed E-state index contributed by atoms with van der Waals surface area (Å²) in [6.45, 7) is 0. The van der Waals surface area contributed by atoms with Gasteiger partial charge in [0.05, 0.1) is 11.3 Å². The molecule has 0 amide bonds. The number of nitrogens with zero attached hydrogens (tertiary/aromatic N) is 2. The minimum absolute atomic E-state index is 0.190. The summed E-state index contributed by atoms with van der Waals surface area (Å²) in [7, 11) is 0. The molecule has 0 fully saturated rings. The smallest absolute Gasteiger partial charge is 0.291 e. The maximum Gasteiger partial charge on any atom is 0.291 e. The van der Waals surface area contributed by atoms with Crippen molar-refractivity contribution in [2.75, 3.05) is 5.32 Å². The fraction of sp³-hybridized carbons (Fsp3) is 0.0435. The van der Waals surface area contributed by atoms with Crippen LogP contribution in [0.2, 0.25) is 0 Å². The van der Waals surface area contributed by atoms with Gasteiger partial charge in [0.2, 0.25) is 6.17 Å². The van der Waals surface area contributed by atoms with E-state index in [9.17, 15) is 5.11 Å². The number of anilines is 1. The summed E-state index contributed by atoms with van der Waals surface area (Å²) in [5, 5.41) is 14.8. The maximum atomic E-state index is 10.3. The highest BCUT2D eigenvalue weighted by Crippen LogP contribution is 2.35. The molecule has 3 N–H and O–H groups in total. The van der Waals surface area contributed by atoms with E-state index in [2.05, 4.69) is 39.1 Å². The van der Waals surface area contributed by atoms with Crippen molar-refractivity contribution in [3.63, 3.8) is 0 Å². The third-order valence-electron chi connectivity index (χ3n) is 5.39. The molecular formula is C23H17N4O+. The van der Waals surface area contributed by atoms with Gasteiger partial charge in [-0.05, 0) is 36.4 Å². The normalized spacial score (nSPS) is 15.2. The Balaban J connectivity index is 1.64. The van der Waals surface area contributed by atoms with Gasteiger partial charge in [0.15, 0.2) is 11.0 Å². The van der Waals surface area contributed by atoms with E-state index in [1.54, 1.807) is 6.07 Å². The Hall–Kier alpha value is -3.86. The second-order valence-electron chi connectivity index (χ2n) is 7.04. The minimum atomic E-state index is -0.190. The molecule has 5 aromatic rings. The number of imidazole rings is 1. The molecule has 1 aliphatic heterocycles. The van der Waals surface area contributed by atoms with E-state index >= 15 is 0 Å². The summed E-state index contributed by atoms with van der Waals surface area (Å²) in [4.78, 5) is 8.38. The molecule has 0 saturated heterocycles. The van der Waals surface area contributed by atoms with Crippen LogP contribution in [-0.2, 0) is 0 Å². The first-order valence-corrected chi connectivity index (χ1v) is 9.26. The fourth-order valence-electron chi connectivity index (χ4n) is 4.10. The van der Waals surface area contributed by atoms with Crippen molar-refractivity contribution in [3.05, 3.63) is 84.6 Å². The first kappa shape index (κ1) is 15.2. The third kappa shape index (κ3) is 2.07. The van der Waals surface area contributed by atoms with Crippen LogP contribution < -0.4 is 9.88 Å². The van der Waals surface area contributed by atoms with Crippen LogP contribution in [0.3, 0.4) is 0 Å². The Morgan fingerprint density at radius 2 is 1.71 bits per heavy atom. The summed E-state index contributed by atoms with van der Waals surface area (Å²) >= 11 is 0. The Morgan fingerprint density at radius 3 is 2.68 bits per heavy atom. The summed E-state index contributed by atoms with van der Waals surface area (Å²) in [6.07, 6.45) is -0.190. The quantitative estimate of drug-likeness (QED) is 0.387. The van der Waals surface area contributed by atoms with E-state index in [4.69, 9.17) is 4.98 Å². The average molecular weight is 365 g/mol. The number of fused-ring (bicyclic) bond motifs is 6. The van der Waals surface area contributed by atoms with Crippen LogP contribution in [0.15, 0.2) is 78.9 Å². The van der Waals surface area contributed by atoms with Gasteiger partial charge in [0, 0.05) is 5.39 Å². The van der Waals surface area contributed by atoms with E-state index < -0.39 is 0 Å². The highest BCUT2D eigenvalue weighted by atomic mass is 16.3. The molecule has 3 aromatic carbocycles. The van der Waals surface area contributed by atoms with Crippen LogP contribution in [0.1, 0.15) is 11.9 Å². The number of pyridine rings is 1. The number of benzene rings is 3. The molecule has 0 saturated carbocycles. The molecule has 0 aliphatic carbocycles. The summed E-state index contributed by atoms with van der Waals surface area (Å²) < 4.78 is 2.24. The van der Waals surface area contributed by atoms with Crippen LogP contribution in [0.5, 0.6) is 5.75 Å². The van der Waals surface area contributed by atoms with Crippen molar-refractivity contribution in [2.24, 2.45) is 0 Å². The Morgan fingerprint density at radius 1 is 0.857 bits per heavy atom. The molecule has 0 radical (unpaired) electrons. The maximum absolute atomic E-state index is 10.3. The van der Waals surface area contributed by atoms with Gasteiger partial charge >= 0.3 is 0 Å². The van der Waals surface area contributed by atoms with Gasteiger partial charge in [-0.15, -0.1) is 0 Å². The lowest BCUT2D eigenvalue weighted by Gasteiger charge is -2.24. The van der Waals surface area contributed by atoms with E-state index in [-0.39, 0.29) is 11.9 Å². The largest absolute Gasteiger partial charge is 0.506 e. The van der Waals surface area contributed by atoms with E-state index in [1.807, 2.05) is 48.5 Å². The first-order chi connectivity index (χ1) is 13.8. The van der Waals surface area contributed by atoms with Gasteiger partial charge in [-0.2, -0.15) is 4.57 Å². The Labute approximate surface area is 160 Å². The summed E-state index contributed by atoms with van der Waals surface area (Å²) in [6, 6.07) is 26.0. The van der Waals surface area contributed by atoms with Gasteiger partial charge in [0.1, 0.15) is 17.0 Å². The molecular weight excluding hydrogens is 348 g/mol. The molecule has 3 heterocycles. The highest BCUT2D eigenvalue weighted by Gasteiger charge is 2.35. The number of aromatic nitrogens is 3. The molecule has 1 atom stereocenters. The monoisotopic (exact) mass is 365 g/mol. The summed E-state index contributed by atoms with van der Waals surface area (Å²) in [5.41, 5.74) is 5.81. The molecule has 6 rings (SSSR count). The predicted molar refractivity (Wildman–Crippen MR) is 109 cm³/mol. The topological polar surface area (TPSA) is 64.8 Å². The van der Waals surface area contributed by atoms with Crippen LogP contribution in [0.25, 0.3) is 33.3 Å². The second kappa shape index (κ2) is 5.57. The van der Waals surface area contributed by atoms with Crippen LogP contribution >= 0.6 is 0 Å². The molecule has 1 aliphatic rings. The third-order valence-corrected chi connectivity index (χ3v) is 5.39. The Bertz CT molecular complexity index is 1370. The van der Waals surface area contributed by atoms with Crippen molar-refractivity contribution in [3.8, 4) is 17.1 Å². The van der Waals surface area contributed by atoms with E-state index in [0.29, 0.717) is 5.52 Å². The molecule has 5 heteroatoms. The number of hydrogen-bond donors (Lipinski definition) is 3. The van der Waals surface area contributed by atoms with E-state index in [0.717, 1.165) is 39.2 Å². The number of rotatable bonds is 1. The molecule has 28 heavy (non-hydrogen) atoms. The predicted octanol–water partition coefficient (Wildman–Crippen LogP) is 4.35. The molecule has 0 bridgehead atoms.